The van der Waals surface area contributed by atoms with E-state index in [0.29, 0.717) is 6.54 Å². The summed E-state index contributed by atoms with van der Waals surface area (Å²) in [6.45, 7) is 2.25. The Morgan fingerprint density at radius 1 is 1.04 bits per heavy atom. The number of hydrogen-bond donors (Lipinski definition) is 2. The molecule has 0 fully saturated rings. The number of sulfone groups is 1. The Labute approximate surface area is 148 Å². The van der Waals surface area contributed by atoms with E-state index in [1.807, 2.05) is 39.2 Å². The van der Waals surface area contributed by atoms with E-state index >= 15 is 0 Å². The number of amides is 1. The van der Waals surface area contributed by atoms with Gasteiger partial charge in [-0.05, 0) is 69.0 Å². The maximum Gasteiger partial charge on any atom is 0.238 e. The van der Waals surface area contributed by atoms with Crippen molar-refractivity contribution >= 4 is 32.8 Å². The first-order valence-corrected chi connectivity index (χ1v) is 9.66. The van der Waals surface area contributed by atoms with Crippen LogP contribution in [0.25, 0.3) is 0 Å². The molecule has 0 bridgehead atoms. The highest BCUT2D eigenvalue weighted by atomic mass is 32.2. The highest BCUT2D eigenvalue weighted by Crippen LogP contribution is 2.23. The number of anilines is 3. The predicted octanol–water partition coefficient (Wildman–Crippen LogP) is 2.64. The van der Waals surface area contributed by atoms with Gasteiger partial charge in [0.1, 0.15) is 0 Å². The number of nitrogens with one attached hydrogen (secondary N) is 2. The van der Waals surface area contributed by atoms with Crippen LogP contribution in [-0.4, -0.2) is 46.1 Å². The first kappa shape index (κ1) is 19.0. The third-order valence-corrected chi connectivity index (χ3v) is 4.66. The van der Waals surface area contributed by atoms with Gasteiger partial charge in [0, 0.05) is 23.3 Å². The molecule has 2 rings (SSSR count). The minimum Gasteiger partial charge on any atom is -0.356 e. The average molecular weight is 361 g/mol. The fraction of sp³-hybridized carbons (Fsp3) is 0.278. The zero-order valence-corrected chi connectivity index (χ0v) is 15.6. The van der Waals surface area contributed by atoms with Gasteiger partial charge in [-0.15, -0.1) is 0 Å². The van der Waals surface area contributed by atoms with Gasteiger partial charge in [-0.2, -0.15) is 0 Å². The summed E-state index contributed by atoms with van der Waals surface area (Å²) in [7, 11) is 0.487. The zero-order chi connectivity index (χ0) is 18.6. The summed E-state index contributed by atoms with van der Waals surface area (Å²) in [5, 5.41) is 6.10. The lowest BCUT2D eigenvalue weighted by atomic mass is 10.1. The van der Waals surface area contributed by atoms with Gasteiger partial charge >= 0.3 is 0 Å². The summed E-state index contributed by atoms with van der Waals surface area (Å²) >= 11 is 0. The zero-order valence-electron chi connectivity index (χ0n) is 14.8. The molecule has 0 aliphatic heterocycles. The third kappa shape index (κ3) is 5.58. The molecule has 134 valence electrons. The largest absolute Gasteiger partial charge is 0.356 e. The summed E-state index contributed by atoms with van der Waals surface area (Å²) in [5.41, 5.74) is 3.35. The molecule has 0 spiro atoms. The van der Waals surface area contributed by atoms with E-state index in [1.165, 1.54) is 6.26 Å². The smallest absolute Gasteiger partial charge is 0.238 e. The molecule has 2 aromatic carbocycles. The molecule has 2 aromatic rings. The second-order valence-electron chi connectivity index (χ2n) is 6.24. The lowest BCUT2D eigenvalue weighted by Gasteiger charge is -2.14. The van der Waals surface area contributed by atoms with Crippen molar-refractivity contribution < 1.29 is 13.2 Å². The normalized spacial score (nSPS) is 11.4. The Kier molecular flexibility index (Phi) is 5.81. The van der Waals surface area contributed by atoms with Gasteiger partial charge in [0.15, 0.2) is 9.84 Å². The molecule has 25 heavy (non-hydrogen) atoms. The van der Waals surface area contributed by atoms with Gasteiger partial charge < -0.3 is 15.5 Å². The Bertz CT molecular complexity index is 860. The highest BCUT2D eigenvalue weighted by molar-refractivity contribution is 7.90. The van der Waals surface area contributed by atoms with Crippen LogP contribution in [0.3, 0.4) is 0 Å². The summed E-state index contributed by atoms with van der Waals surface area (Å²) in [6, 6.07) is 12.2. The molecule has 1 amide bonds. The predicted molar refractivity (Wildman–Crippen MR) is 101 cm³/mol. The first-order chi connectivity index (χ1) is 11.6. The molecular weight excluding hydrogens is 338 g/mol. The van der Waals surface area contributed by atoms with E-state index in [2.05, 4.69) is 10.6 Å². The van der Waals surface area contributed by atoms with Crippen molar-refractivity contribution in [3.8, 4) is 0 Å². The summed E-state index contributed by atoms with van der Waals surface area (Å²) in [5.74, 6) is -0.0647. The van der Waals surface area contributed by atoms with Gasteiger partial charge in [0.25, 0.3) is 0 Å². The minimum atomic E-state index is -3.20. The molecular formula is C18H23N3O3S. The van der Waals surface area contributed by atoms with Crippen LogP contribution in [0, 0.1) is 6.92 Å². The molecule has 0 aliphatic carbocycles. The first-order valence-electron chi connectivity index (χ1n) is 7.77. The van der Waals surface area contributed by atoms with Gasteiger partial charge in [0.05, 0.1) is 11.4 Å². The molecule has 0 saturated heterocycles. The van der Waals surface area contributed by atoms with Crippen LogP contribution < -0.4 is 10.6 Å². The second-order valence-corrected chi connectivity index (χ2v) is 8.25. The summed E-state index contributed by atoms with van der Waals surface area (Å²) in [6.07, 6.45) is 1.18. The number of benzene rings is 2. The molecule has 0 saturated carbocycles. The van der Waals surface area contributed by atoms with Crippen LogP contribution in [0.4, 0.5) is 17.1 Å². The maximum atomic E-state index is 11.8. The third-order valence-electron chi connectivity index (χ3n) is 3.53. The molecule has 0 radical (unpaired) electrons. The van der Waals surface area contributed by atoms with Crippen molar-refractivity contribution in [1.82, 2.24) is 4.90 Å². The van der Waals surface area contributed by atoms with Crippen molar-refractivity contribution in [3.05, 3.63) is 48.0 Å². The maximum absolute atomic E-state index is 11.8. The number of likely N-dealkylation sites (N-methyl/N-ethyl adjacent to an activating group) is 1. The van der Waals surface area contributed by atoms with E-state index < -0.39 is 9.84 Å². The Morgan fingerprint density at radius 2 is 1.64 bits per heavy atom. The van der Waals surface area contributed by atoms with E-state index in [-0.39, 0.29) is 10.8 Å². The monoisotopic (exact) mass is 361 g/mol. The second kappa shape index (κ2) is 7.67. The number of rotatable bonds is 6. The van der Waals surface area contributed by atoms with Crippen LogP contribution in [0.5, 0.6) is 0 Å². The van der Waals surface area contributed by atoms with Gasteiger partial charge in [-0.25, -0.2) is 8.42 Å². The van der Waals surface area contributed by atoms with E-state index in [4.69, 9.17) is 0 Å². The van der Waals surface area contributed by atoms with Crippen LogP contribution in [0.1, 0.15) is 5.56 Å². The van der Waals surface area contributed by atoms with Crippen LogP contribution >= 0.6 is 0 Å². The summed E-state index contributed by atoms with van der Waals surface area (Å²) < 4.78 is 23.0. The molecule has 0 atom stereocenters. The standard InChI is InChI=1S/C18H23N3O3S/c1-13-11-15(7-10-17(13)20-18(22)12-21(2)3)19-14-5-8-16(9-6-14)25(4,23)24/h5-11,19H,12H2,1-4H3,(H,20,22). The molecule has 0 aliphatic rings. The summed E-state index contributed by atoms with van der Waals surface area (Å²) in [4.78, 5) is 13.9. The van der Waals surface area contributed by atoms with Gasteiger partial charge in [0.2, 0.25) is 5.91 Å². The number of carbonyl (C=O) groups excluding carboxylic acids is 1. The number of nitrogens with zero attached hydrogens (tertiary/aromatic N) is 1. The van der Waals surface area contributed by atoms with Gasteiger partial charge in [-0.1, -0.05) is 0 Å². The van der Waals surface area contributed by atoms with Gasteiger partial charge in [-0.3, -0.25) is 4.79 Å². The number of hydrogen-bond acceptors (Lipinski definition) is 5. The van der Waals surface area contributed by atoms with Crippen LogP contribution in [0.2, 0.25) is 0 Å². The molecule has 7 heteroatoms. The van der Waals surface area contributed by atoms with Crippen molar-refractivity contribution in [2.75, 3.05) is 37.5 Å². The Morgan fingerprint density at radius 3 is 2.16 bits per heavy atom. The Hall–Kier alpha value is -2.38. The van der Waals surface area contributed by atoms with E-state index in [9.17, 15) is 13.2 Å². The van der Waals surface area contributed by atoms with Crippen LogP contribution in [-0.2, 0) is 14.6 Å². The SMILES string of the molecule is Cc1cc(Nc2ccc(S(C)(=O)=O)cc2)ccc1NC(=O)CN(C)C. The van der Waals surface area contributed by atoms with Crippen molar-refractivity contribution in [2.45, 2.75) is 11.8 Å². The lowest BCUT2D eigenvalue weighted by molar-refractivity contribution is -0.116. The number of carbonyl (C=O) groups is 1. The molecule has 0 heterocycles. The van der Waals surface area contributed by atoms with E-state index in [1.54, 1.807) is 29.2 Å². The van der Waals surface area contributed by atoms with Crippen LogP contribution in [0.15, 0.2) is 47.4 Å². The molecule has 0 unspecified atom stereocenters. The van der Waals surface area contributed by atoms with Crippen molar-refractivity contribution in [3.63, 3.8) is 0 Å². The van der Waals surface area contributed by atoms with Crippen molar-refractivity contribution in [1.29, 1.82) is 0 Å². The topological polar surface area (TPSA) is 78.5 Å². The van der Waals surface area contributed by atoms with E-state index in [0.717, 1.165) is 22.6 Å². The fourth-order valence-electron chi connectivity index (χ4n) is 2.31. The fourth-order valence-corrected chi connectivity index (χ4v) is 2.94. The quantitative estimate of drug-likeness (QED) is 0.827. The number of aryl methyl sites for hydroxylation is 1. The highest BCUT2D eigenvalue weighted by Gasteiger charge is 2.08. The molecule has 6 nitrogen and oxygen atoms in total. The lowest BCUT2D eigenvalue weighted by Crippen LogP contribution is -2.27. The van der Waals surface area contributed by atoms with Crippen molar-refractivity contribution in [2.24, 2.45) is 0 Å². The minimum absolute atomic E-state index is 0.0647. The molecule has 2 N–H and O–H groups in total. The average Bonchev–Trinajstić information content (AvgIpc) is 2.49. The Balaban J connectivity index is 2.09. The molecule has 0 aromatic heterocycles.